The summed E-state index contributed by atoms with van der Waals surface area (Å²) < 4.78 is 5.45. The summed E-state index contributed by atoms with van der Waals surface area (Å²) in [6, 6.07) is 8.21. The summed E-state index contributed by atoms with van der Waals surface area (Å²) in [6.07, 6.45) is 3.28. The van der Waals surface area contributed by atoms with Crippen LogP contribution in [-0.2, 0) is 9.59 Å². The third-order valence-electron chi connectivity index (χ3n) is 6.22. The molecular formula is C26H33N3O4. The Morgan fingerprint density at radius 3 is 2.52 bits per heavy atom. The lowest BCUT2D eigenvalue weighted by Crippen LogP contribution is -2.38. The maximum atomic E-state index is 13.2. The largest absolute Gasteiger partial charge is 0.507 e. The van der Waals surface area contributed by atoms with E-state index in [9.17, 15) is 14.7 Å². The molecule has 1 aliphatic rings. The van der Waals surface area contributed by atoms with E-state index in [2.05, 4.69) is 23.7 Å². The van der Waals surface area contributed by atoms with E-state index in [1.54, 1.807) is 42.6 Å². The Balaban J connectivity index is 2.12. The number of carbonyl (C=O) groups excluding carboxylic acids is 2. The van der Waals surface area contributed by atoms with E-state index < -0.39 is 17.7 Å². The van der Waals surface area contributed by atoms with Gasteiger partial charge in [0.25, 0.3) is 11.7 Å². The molecule has 176 valence electrons. The van der Waals surface area contributed by atoms with Gasteiger partial charge in [-0.2, -0.15) is 0 Å². The van der Waals surface area contributed by atoms with Gasteiger partial charge in [0.1, 0.15) is 11.5 Å². The van der Waals surface area contributed by atoms with Crippen molar-refractivity contribution in [1.82, 2.24) is 14.8 Å². The SMILES string of the molecule is CCN(CC)CCN1C(=O)C(=O)/C(=C(\O)c2ccc(OC)c(C(C)C)c2)C1c1cccnc1. The molecule has 1 fully saturated rings. The Morgan fingerprint density at radius 1 is 1.21 bits per heavy atom. The lowest BCUT2D eigenvalue weighted by molar-refractivity contribution is -0.140. The van der Waals surface area contributed by atoms with Crippen molar-refractivity contribution in [3.8, 4) is 5.75 Å². The average molecular weight is 452 g/mol. The highest BCUT2D eigenvalue weighted by molar-refractivity contribution is 6.46. The average Bonchev–Trinajstić information content (AvgIpc) is 3.09. The van der Waals surface area contributed by atoms with Crippen LogP contribution in [-0.4, -0.2) is 64.9 Å². The molecule has 0 radical (unpaired) electrons. The molecular weight excluding hydrogens is 418 g/mol. The standard InChI is InChI=1S/C26H33N3O4/c1-6-28(7-2)13-14-29-23(19-9-8-12-27-16-19)22(25(31)26(29)32)24(30)18-10-11-21(33-5)20(15-18)17(3)4/h8-12,15-17,23,30H,6-7,13-14H2,1-5H3/b24-22-. The summed E-state index contributed by atoms with van der Waals surface area (Å²) in [5, 5.41) is 11.3. The highest BCUT2D eigenvalue weighted by Crippen LogP contribution is 2.40. The van der Waals surface area contributed by atoms with Crippen LogP contribution in [0.5, 0.6) is 5.75 Å². The second-order valence-corrected chi connectivity index (χ2v) is 8.42. The third-order valence-corrected chi connectivity index (χ3v) is 6.22. The molecule has 2 heterocycles. The number of amides is 1. The van der Waals surface area contributed by atoms with E-state index in [1.807, 2.05) is 26.0 Å². The Bertz CT molecular complexity index is 1030. The number of Topliss-reactive ketones (excluding diaryl/α,β-unsaturated/α-hetero) is 1. The zero-order valence-corrected chi connectivity index (χ0v) is 20.0. The molecule has 1 amide bonds. The van der Waals surface area contributed by atoms with Crippen molar-refractivity contribution in [3.05, 3.63) is 65.0 Å². The number of hydrogen-bond donors (Lipinski definition) is 1. The van der Waals surface area contributed by atoms with E-state index in [0.717, 1.165) is 18.7 Å². The van der Waals surface area contributed by atoms with E-state index in [4.69, 9.17) is 4.74 Å². The van der Waals surface area contributed by atoms with Gasteiger partial charge in [-0.15, -0.1) is 0 Å². The first-order chi connectivity index (χ1) is 15.8. The third kappa shape index (κ3) is 4.93. The molecule has 1 aromatic heterocycles. The van der Waals surface area contributed by atoms with Crippen LogP contribution in [0.4, 0.5) is 0 Å². The van der Waals surface area contributed by atoms with Gasteiger partial charge in [0.15, 0.2) is 0 Å². The normalized spacial score (nSPS) is 17.9. The van der Waals surface area contributed by atoms with Crippen LogP contribution >= 0.6 is 0 Å². The number of ketones is 1. The summed E-state index contributed by atoms with van der Waals surface area (Å²) in [4.78, 5) is 34.2. The Labute approximate surface area is 195 Å². The predicted molar refractivity (Wildman–Crippen MR) is 128 cm³/mol. The molecule has 1 atom stereocenters. The molecule has 0 bridgehead atoms. The number of ether oxygens (including phenoxy) is 1. The van der Waals surface area contributed by atoms with Crippen molar-refractivity contribution in [2.45, 2.75) is 39.7 Å². The fourth-order valence-corrected chi connectivity index (χ4v) is 4.27. The molecule has 0 saturated carbocycles. The smallest absolute Gasteiger partial charge is 0.295 e. The number of rotatable bonds is 9. The molecule has 7 heteroatoms. The van der Waals surface area contributed by atoms with Crippen molar-refractivity contribution in [2.75, 3.05) is 33.3 Å². The fraction of sp³-hybridized carbons (Fsp3) is 0.423. The van der Waals surface area contributed by atoms with Crippen LogP contribution in [0.1, 0.15) is 56.3 Å². The first-order valence-electron chi connectivity index (χ1n) is 11.4. The Morgan fingerprint density at radius 2 is 1.94 bits per heavy atom. The molecule has 33 heavy (non-hydrogen) atoms. The predicted octanol–water partition coefficient (Wildman–Crippen LogP) is 3.98. The quantitative estimate of drug-likeness (QED) is 0.353. The number of carbonyl (C=O) groups is 2. The molecule has 0 spiro atoms. The van der Waals surface area contributed by atoms with Crippen molar-refractivity contribution in [3.63, 3.8) is 0 Å². The number of nitrogens with zero attached hydrogens (tertiary/aromatic N) is 3. The number of aliphatic hydroxyl groups excluding tert-OH is 1. The lowest BCUT2D eigenvalue weighted by Gasteiger charge is -2.28. The van der Waals surface area contributed by atoms with Gasteiger partial charge in [-0.05, 0) is 54.4 Å². The van der Waals surface area contributed by atoms with Crippen LogP contribution in [0.15, 0.2) is 48.3 Å². The van der Waals surface area contributed by atoms with Crippen LogP contribution in [0.3, 0.4) is 0 Å². The first kappa shape index (κ1) is 24.5. The second kappa shape index (κ2) is 10.6. The summed E-state index contributed by atoms with van der Waals surface area (Å²) in [6.45, 7) is 10.9. The topological polar surface area (TPSA) is 83.0 Å². The zero-order chi connectivity index (χ0) is 24.1. The minimum Gasteiger partial charge on any atom is -0.507 e. The van der Waals surface area contributed by atoms with Gasteiger partial charge < -0.3 is 19.6 Å². The van der Waals surface area contributed by atoms with Crippen LogP contribution in [0, 0.1) is 0 Å². The van der Waals surface area contributed by atoms with Gasteiger partial charge in [0.05, 0.1) is 18.7 Å². The van der Waals surface area contributed by atoms with Crippen LogP contribution in [0.25, 0.3) is 5.76 Å². The van der Waals surface area contributed by atoms with Crippen molar-refractivity contribution in [2.24, 2.45) is 0 Å². The molecule has 2 aromatic rings. The van der Waals surface area contributed by atoms with Gasteiger partial charge in [-0.25, -0.2) is 0 Å². The molecule has 1 aromatic carbocycles. The monoisotopic (exact) mass is 451 g/mol. The van der Waals surface area contributed by atoms with Gasteiger partial charge in [0.2, 0.25) is 0 Å². The summed E-state index contributed by atoms with van der Waals surface area (Å²) in [5.74, 6) is -0.599. The van der Waals surface area contributed by atoms with Gasteiger partial charge >= 0.3 is 0 Å². The number of likely N-dealkylation sites (N-methyl/N-ethyl adjacent to an activating group) is 1. The molecule has 0 aliphatic carbocycles. The van der Waals surface area contributed by atoms with E-state index >= 15 is 0 Å². The van der Waals surface area contributed by atoms with Crippen LogP contribution < -0.4 is 4.74 Å². The molecule has 1 saturated heterocycles. The lowest BCUT2D eigenvalue weighted by atomic mass is 9.93. The van der Waals surface area contributed by atoms with Crippen molar-refractivity contribution < 1.29 is 19.4 Å². The van der Waals surface area contributed by atoms with Crippen LogP contribution in [0.2, 0.25) is 0 Å². The van der Waals surface area contributed by atoms with E-state index in [-0.39, 0.29) is 17.3 Å². The number of aromatic nitrogens is 1. The number of methoxy groups -OCH3 is 1. The minimum atomic E-state index is -0.695. The molecule has 1 aliphatic heterocycles. The van der Waals surface area contributed by atoms with Crippen molar-refractivity contribution in [1.29, 1.82) is 0 Å². The summed E-state index contributed by atoms with van der Waals surface area (Å²) in [7, 11) is 1.60. The zero-order valence-electron chi connectivity index (χ0n) is 20.0. The highest BCUT2D eigenvalue weighted by Gasteiger charge is 2.46. The highest BCUT2D eigenvalue weighted by atomic mass is 16.5. The molecule has 1 N–H and O–H groups in total. The fourth-order valence-electron chi connectivity index (χ4n) is 4.27. The molecule has 7 nitrogen and oxygen atoms in total. The molecule has 3 rings (SSSR count). The van der Waals surface area contributed by atoms with Gasteiger partial charge in [-0.1, -0.05) is 33.8 Å². The van der Waals surface area contributed by atoms with Gasteiger partial charge in [0, 0.05) is 31.0 Å². The Hall–Kier alpha value is -3.19. The second-order valence-electron chi connectivity index (χ2n) is 8.42. The maximum Gasteiger partial charge on any atom is 0.295 e. The maximum absolute atomic E-state index is 13.2. The molecule has 1 unspecified atom stereocenters. The summed E-state index contributed by atoms with van der Waals surface area (Å²) >= 11 is 0. The first-order valence-corrected chi connectivity index (χ1v) is 11.4. The van der Waals surface area contributed by atoms with Gasteiger partial charge in [-0.3, -0.25) is 14.6 Å². The number of benzene rings is 1. The number of likely N-dealkylation sites (tertiary alicyclic amines) is 1. The Kier molecular flexibility index (Phi) is 7.87. The van der Waals surface area contributed by atoms with E-state index in [1.165, 1.54) is 0 Å². The van der Waals surface area contributed by atoms with Crippen molar-refractivity contribution >= 4 is 17.4 Å². The van der Waals surface area contributed by atoms with E-state index in [0.29, 0.717) is 30.0 Å². The number of pyridine rings is 1. The number of aliphatic hydroxyl groups is 1. The summed E-state index contributed by atoms with van der Waals surface area (Å²) in [5.41, 5.74) is 2.17. The minimum absolute atomic E-state index is 0.0902. The number of hydrogen-bond acceptors (Lipinski definition) is 6.